The molecule has 0 radical (unpaired) electrons. The maximum atomic E-state index is 12.9. The third-order valence-corrected chi connectivity index (χ3v) is 4.33. The van der Waals surface area contributed by atoms with Gasteiger partial charge >= 0.3 is 11.9 Å². The summed E-state index contributed by atoms with van der Waals surface area (Å²) in [6.45, 7) is 13.3. The number of fused-ring (bicyclic) bond motifs is 1. The minimum atomic E-state index is -0.733. The molecule has 0 bridgehead atoms. The van der Waals surface area contributed by atoms with Gasteiger partial charge in [0.05, 0.1) is 0 Å². The molecule has 0 aliphatic rings. The second-order valence-electron chi connectivity index (χ2n) is 6.17. The molecule has 0 saturated heterocycles. The van der Waals surface area contributed by atoms with Crippen LogP contribution in [-0.4, -0.2) is 23.9 Å². The summed E-state index contributed by atoms with van der Waals surface area (Å²) in [6.07, 6.45) is 4.07. The molecule has 2 rings (SSSR count). The average Bonchev–Trinajstić information content (AvgIpc) is 2.62. The number of hydrogen-bond donors (Lipinski definition) is 0. The summed E-state index contributed by atoms with van der Waals surface area (Å²) in [6, 6.07) is 13.2. The zero-order valence-electron chi connectivity index (χ0n) is 14.7. The van der Waals surface area contributed by atoms with Gasteiger partial charge in [0.2, 0.25) is 0 Å². The first-order chi connectivity index (χ1) is 11.7. The number of hydrogen-bond acceptors (Lipinski definition) is 1. The first-order valence-corrected chi connectivity index (χ1v) is 8.85. The van der Waals surface area contributed by atoms with Gasteiger partial charge in [-0.15, -0.1) is 0 Å². The van der Waals surface area contributed by atoms with E-state index in [1.54, 1.807) is 0 Å². The molecule has 1 amide bonds. The van der Waals surface area contributed by atoms with Crippen LogP contribution in [-0.2, 0) is 4.79 Å². The quantitative estimate of drug-likeness (QED) is 0.611. The van der Waals surface area contributed by atoms with E-state index in [4.69, 9.17) is 6.57 Å². The molecule has 0 spiro atoms. The highest BCUT2D eigenvalue weighted by Gasteiger charge is 2.30. The van der Waals surface area contributed by atoms with Crippen LogP contribution >= 0.6 is 0 Å². The summed E-state index contributed by atoms with van der Waals surface area (Å²) in [5, 5.41) is 2.20. The Hall–Kier alpha value is -2.34. The molecule has 3 nitrogen and oxygen atoms in total. The fourth-order valence-electron chi connectivity index (χ4n) is 2.85. The van der Waals surface area contributed by atoms with Gasteiger partial charge in [0.1, 0.15) is 0 Å². The minimum Gasteiger partial charge on any atom is -0.336 e. The molecule has 2 aromatic carbocycles. The van der Waals surface area contributed by atoms with E-state index in [2.05, 4.69) is 18.7 Å². The highest BCUT2D eigenvalue weighted by Crippen LogP contribution is 2.25. The smallest absolute Gasteiger partial charge is 0.325 e. The van der Waals surface area contributed by atoms with Gasteiger partial charge in [-0.05, 0) is 29.7 Å². The van der Waals surface area contributed by atoms with Gasteiger partial charge < -0.3 is 4.90 Å². The zero-order chi connectivity index (χ0) is 17.4. The maximum Gasteiger partial charge on any atom is 0.325 e. The van der Waals surface area contributed by atoms with Crippen molar-refractivity contribution in [2.24, 2.45) is 0 Å². The van der Waals surface area contributed by atoms with Crippen molar-refractivity contribution >= 4 is 16.7 Å². The van der Waals surface area contributed by atoms with Gasteiger partial charge in [-0.2, -0.15) is 0 Å². The Bertz CT molecular complexity index is 709. The number of unbranched alkanes of at least 4 members (excludes halogenated alkanes) is 2. The summed E-state index contributed by atoms with van der Waals surface area (Å²) in [5.41, 5.74) is 0.798. The number of carbonyl (C=O) groups is 1. The lowest BCUT2D eigenvalue weighted by Gasteiger charge is -2.23. The fourth-order valence-corrected chi connectivity index (χ4v) is 2.85. The average molecular weight is 322 g/mol. The molecule has 3 heteroatoms. The van der Waals surface area contributed by atoms with Gasteiger partial charge in [-0.25, -0.2) is 6.57 Å². The number of amides is 1. The molecule has 0 aliphatic heterocycles. The Morgan fingerprint density at radius 1 is 1.04 bits per heavy atom. The summed E-state index contributed by atoms with van der Waals surface area (Å²) in [4.78, 5) is 18.5. The van der Waals surface area contributed by atoms with Crippen molar-refractivity contribution in [3.63, 3.8) is 0 Å². The lowest BCUT2D eigenvalue weighted by molar-refractivity contribution is -0.132. The topological polar surface area (TPSA) is 24.7 Å². The number of carbonyl (C=O) groups excluding carboxylic acids is 1. The van der Waals surface area contributed by atoms with Crippen molar-refractivity contribution in [1.29, 1.82) is 0 Å². The second kappa shape index (κ2) is 9.08. The molecular weight excluding hydrogens is 296 g/mol. The van der Waals surface area contributed by atoms with E-state index in [1.807, 2.05) is 47.4 Å². The number of benzene rings is 2. The van der Waals surface area contributed by atoms with Crippen LogP contribution in [0.25, 0.3) is 15.6 Å². The van der Waals surface area contributed by atoms with Gasteiger partial charge in [0.15, 0.2) is 0 Å². The van der Waals surface area contributed by atoms with E-state index in [9.17, 15) is 4.79 Å². The number of nitrogens with zero attached hydrogens (tertiary/aromatic N) is 2. The van der Waals surface area contributed by atoms with E-state index in [0.29, 0.717) is 0 Å². The van der Waals surface area contributed by atoms with E-state index in [0.717, 1.165) is 55.1 Å². The lowest BCUT2D eigenvalue weighted by Crippen LogP contribution is -2.35. The fraction of sp³-hybridized carbons (Fsp3) is 0.429. The monoisotopic (exact) mass is 322 g/mol. The first kappa shape index (κ1) is 18.0. The van der Waals surface area contributed by atoms with Crippen LogP contribution < -0.4 is 0 Å². The second-order valence-corrected chi connectivity index (χ2v) is 6.17. The van der Waals surface area contributed by atoms with Crippen LogP contribution in [0.5, 0.6) is 0 Å². The third kappa shape index (κ3) is 4.35. The van der Waals surface area contributed by atoms with Crippen LogP contribution in [0.3, 0.4) is 0 Å². The van der Waals surface area contributed by atoms with Gasteiger partial charge in [0, 0.05) is 18.7 Å². The van der Waals surface area contributed by atoms with Gasteiger partial charge in [0.25, 0.3) is 0 Å². The van der Waals surface area contributed by atoms with Crippen molar-refractivity contribution in [2.75, 3.05) is 13.1 Å². The molecule has 1 atom stereocenters. The molecule has 24 heavy (non-hydrogen) atoms. The number of rotatable bonds is 8. The summed E-state index contributed by atoms with van der Waals surface area (Å²) < 4.78 is 0. The minimum absolute atomic E-state index is 0.0535. The zero-order valence-corrected chi connectivity index (χ0v) is 14.7. The third-order valence-electron chi connectivity index (χ3n) is 4.33. The molecule has 0 aliphatic carbocycles. The van der Waals surface area contributed by atoms with Crippen molar-refractivity contribution in [3.8, 4) is 0 Å². The summed E-state index contributed by atoms with van der Waals surface area (Å²) >= 11 is 0. The van der Waals surface area contributed by atoms with E-state index >= 15 is 0 Å². The van der Waals surface area contributed by atoms with Crippen molar-refractivity contribution in [1.82, 2.24) is 4.90 Å². The van der Waals surface area contributed by atoms with Crippen LogP contribution in [0.15, 0.2) is 42.5 Å². The van der Waals surface area contributed by atoms with Crippen molar-refractivity contribution < 1.29 is 4.79 Å². The van der Waals surface area contributed by atoms with Crippen molar-refractivity contribution in [3.05, 3.63) is 59.4 Å². The Morgan fingerprint density at radius 3 is 2.25 bits per heavy atom. The molecular formula is C21H26N2O. The largest absolute Gasteiger partial charge is 0.336 e. The van der Waals surface area contributed by atoms with Crippen molar-refractivity contribution in [2.45, 2.75) is 45.6 Å². The highest BCUT2D eigenvalue weighted by atomic mass is 16.2. The Labute approximate surface area is 145 Å². The Kier molecular flexibility index (Phi) is 6.81. The molecule has 0 heterocycles. The van der Waals surface area contributed by atoms with Gasteiger partial charge in [-0.1, -0.05) is 63.1 Å². The first-order valence-electron chi connectivity index (χ1n) is 8.85. The molecule has 0 saturated carbocycles. The van der Waals surface area contributed by atoms with Crippen LogP contribution in [0.4, 0.5) is 0 Å². The molecule has 1 unspecified atom stereocenters. The summed E-state index contributed by atoms with van der Waals surface area (Å²) in [7, 11) is 0. The van der Waals surface area contributed by atoms with Crippen LogP contribution in [0, 0.1) is 6.57 Å². The maximum absolute atomic E-state index is 12.9. The standard InChI is InChI=1S/C21H26N2O/c1-4-6-14-23(15-7-5-2)21(24)20(22-3)19-13-12-17-10-8-9-11-18(17)16-19/h8-13,16,20H,4-7,14-15H2,1-2H3. The predicted molar refractivity (Wildman–Crippen MR) is 99.7 cm³/mol. The molecule has 0 aromatic heterocycles. The van der Waals surface area contributed by atoms with E-state index < -0.39 is 6.04 Å². The van der Waals surface area contributed by atoms with Crippen LogP contribution in [0.1, 0.15) is 51.1 Å². The molecule has 0 N–H and O–H groups in total. The van der Waals surface area contributed by atoms with E-state index in [1.165, 1.54) is 0 Å². The molecule has 0 fully saturated rings. The Morgan fingerprint density at radius 2 is 1.67 bits per heavy atom. The Balaban J connectivity index is 2.25. The predicted octanol–water partition coefficient (Wildman–Crippen LogP) is 5.23. The highest BCUT2D eigenvalue weighted by molar-refractivity contribution is 5.88. The van der Waals surface area contributed by atoms with Crippen LogP contribution in [0.2, 0.25) is 0 Å². The molecule has 126 valence electrons. The SMILES string of the molecule is [C-]#[N+]C(C(=O)N(CCCC)CCCC)c1ccc2ccccc2c1. The van der Waals surface area contributed by atoms with E-state index in [-0.39, 0.29) is 5.91 Å². The lowest BCUT2D eigenvalue weighted by atomic mass is 10.0. The molecule has 2 aromatic rings. The van der Waals surface area contributed by atoms with Gasteiger partial charge in [-0.3, -0.25) is 9.64 Å². The normalized spacial score (nSPS) is 11.9. The summed E-state index contributed by atoms with van der Waals surface area (Å²) in [5.74, 6) is -0.0535.